The van der Waals surface area contributed by atoms with Crippen molar-refractivity contribution in [2.45, 2.75) is 90.9 Å². The molecule has 8 heteroatoms. The van der Waals surface area contributed by atoms with Crippen molar-refractivity contribution in [1.82, 2.24) is 9.80 Å². The number of carbonyl (C=O) groups is 2. The highest BCUT2D eigenvalue weighted by atomic mass is 32.1. The van der Waals surface area contributed by atoms with Gasteiger partial charge >= 0.3 is 0 Å². The third-order valence-corrected chi connectivity index (χ3v) is 12.6. The van der Waals surface area contributed by atoms with Gasteiger partial charge in [0, 0.05) is 41.6 Å². The van der Waals surface area contributed by atoms with Crippen LogP contribution in [0.2, 0.25) is 0 Å². The lowest BCUT2D eigenvalue weighted by Gasteiger charge is -2.20. The van der Waals surface area contributed by atoms with Crippen LogP contribution in [0, 0.1) is 0 Å². The SMILES string of the molecule is CCCCCCCCN1C(=O)C(c2cc3sccc3s2)=C2C1=C(c1cc3sccc3s1)C(=O)N2CCCCCCCC. The number of thiophene rings is 4. The van der Waals surface area contributed by atoms with E-state index in [1.54, 1.807) is 45.3 Å². The van der Waals surface area contributed by atoms with E-state index >= 15 is 0 Å². The first-order valence-electron chi connectivity index (χ1n) is 15.7. The van der Waals surface area contributed by atoms with Gasteiger partial charge in [-0.3, -0.25) is 9.59 Å². The van der Waals surface area contributed by atoms with Crippen LogP contribution in [0.25, 0.3) is 29.9 Å². The predicted octanol–water partition coefficient (Wildman–Crippen LogP) is 10.8. The Morgan fingerprint density at radius 1 is 0.548 bits per heavy atom. The van der Waals surface area contributed by atoms with Crippen LogP contribution in [0.5, 0.6) is 0 Å². The maximum Gasteiger partial charge on any atom is 0.262 e. The average Bonchev–Trinajstić information content (AvgIpc) is 3.80. The maximum absolute atomic E-state index is 14.4. The normalized spacial score (nSPS) is 15.6. The fraction of sp³-hybridized carbons (Fsp3) is 0.471. The topological polar surface area (TPSA) is 40.6 Å². The van der Waals surface area contributed by atoms with Crippen molar-refractivity contribution in [1.29, 1.82) is 0 Å². The molecule has 42 heavy (non-hydrogen) atoms. The molecule has 222 valence electrons. The summed E-state index contributed by atoms with van der Waals surface area (Å²) in [6, 6.07) is 8.62. The molecule has 0 fully saturated rings. The second kappa shape index (κ2) is 13.6. The number of rotatable bonds is 16. The molecule has 0 saturated heterocycles. The largest absolute Gasteiger partial charge is 0.305 e. The Kier molecular flexibility index (Phi) is 9.63. The molecule has 0 aromatic carbocycles. The van der Waals surface area contributed by atoms with Gasteiger partial charge in [-0.15, -0.1) is 45.3 Å². The first-order valence-corrected chi connectivity index (χ1v) is 19.1. The van der Waals surface area contributed by atoms with Gasteiger partial charge in [0.05, 0.1) is 22.5 Å². The molecule has 4 nitrogen and oxygen atoms in total. The van der Waals surface area contributed by atoms with Crippen LogP contribution in [-0.4, -0.2) is 34.7 Å². The Bertz CT molecular complexity index is 1450. The van der Waals surface area contributed by atoms with Gasteiger partial charge in [-0.25, -0.2) is 0 Å². The van der Waals surface area contributed by atoms with Gasteiger partial charge in [0.15, 0.2) is 0 Å². The molecule has 0 atom stereocenters. The maximum atomic E-state index is 14.4. The van der Waals surface area contributed by atoms with Crippen LogP contribution in [0.4, 0.5) is 0 Å². The monoisotopic (exact) mass is 636 g/mol. The van der Waals surface area contributed by atoms with Gasteiger partial charge in [-0.05, 0) is 47.9 Å². The number of nitrogens with zero attached hydrogens (tertiary/aromatic N) is 2. The first kappa shape index (κ1) is 29.8. The summed E-state index contributed by atoms with van der Waals surface area (Å²) < 4.78 is 4.84. The van der Waals surface area contributed by atoms with E-state index in [9.17, 15) is 9.59 Å². The van der Waals surface area contributed by atoms with Gasteiger partial charge in [0.1, 0.15) is 0 Å². The number of fused-ring (bicyclic) bond motifs is 3. The zero-order valence-electron chi connectivity index (χ0n) is 24.7. The van der Waals surface area contributed by atoms with E-state index in [4.69, 9.17) is 0 Å². The van der Waals surface area contributed by atoms with Crippen molar-refractivity contribution >= 4 is 87.1 Å². The fourth-order valence-corrected chi connectivity index (χ4v) is 10.5. The van der Waals surface area contributed by atoms with Gasteiger partial charge in [0.25, 0.3) is 11.8 Å². The minimum absolute atomic E-state index is 0.0683. The standard InChI is InChI=1S/C34H40N2O2S4/c1-3-5-7-9-11-13-17-35-31-29(27-21-25-23(41-27)15-19-39-25)34(38)36(18-14-12-10-8-6-4-2)32(31)30(33(35)37)28-22-26-24(42-28)16-20-40-26/h15-16,19-22H,3-14,17-18H2,1-2H3. The molecule has 2 aliphatic heterocycles. The Labute approximate surface area is 265 Å². The molecular weight excluding hydrogens is 597 g/mol. The molecule has 6 rings (SSSR count). The van der Waals surface area contributed by atoms with Crippen molar-refractivity contribution in [3.63, 3.8) is 0 Å². The highest BCUT2D eigenvalue weighted by molar-refractivity contribution is 7.28. The summed E-state index contributed by atoms with van der Waals surface area (Å²) in [6.07, 6.45) is 14.0. The summed E-state index contributed by atoms with van der Waals surface area (Å²) in [5.41, 5.74) is 3.20. The van der Waals surface area contributed by atoms with E-state index in [1.165, 1.54) is 70.2 Å². The summed E-state index contributed by atoms with van der Waals surface area (Å²) in [4.78, 5) is 34.7. The van der Waals surface area contributed by atoms with Gasteiger partial charge in [-0.2, -0.15) is 0 Å². The Balaban J connectivity index is 1.39. The lowest BCUT2D eigenvalue weighted by Crippen LogP contribution is -2.28. The third-order valence-electron chi connectivity index (χ3n) is 8.40. The molecule has 0 unspecified atom stereocenters. The zero-order chi connectivity index (χ0) is 29.1. The van der Waals surface area contributed by atoms with Crippen LogP contribution in [0.15, 0.2) is 46.4 Å². The Morgan fingerprint density at radius 2 is 0.952 bits per heavy atom. The van der Waals surface area contributed by atoms with Crippen LogP contribution < -0.4 is 0 Å². The van der Waals surface area contributed by atoms with Crippen molar-refractivity contribution < 1.29 is 9.59 Å². The predicted molar refractivity (Wildman–Crippen MR) is 183 cm³/mol. The number of hydrogen-bond acceptors (Lipinski definition) is 6. The number of carbonyl (C=O) groups excluding carboxylic acids is 2. The lowest BCUT2D eigenvalue weighted by atomic mass is 10.1. The second-order valence-electron chi connectivity index (χ2n) is 11.4. The number of amides is 2. The molecule has 4 aromatic heterocycles. The van der Waals surface area contributed by atoms with Crippen molar-refractivity contribution in [3.05, 3.63) is 56.2 Å². The molecule has 6 heterocycles. The summed E-state index contributed by atoms with van der Waals surface area (Å²) >= 11 is 6.80. The van der Waals surface area contributed by atoms with E-state index < -0.39 is 0 Å². The van der Waals surface area contributed by atoms with Gasteiger partial charge in [0.2, 0.25) is 0 Å². The highest BCUT2D eigenvalue weighted by Gasteiger charge is 2.48. The molecule has 0 saturated carbocycles. The van der Waals surface area contributed by atoms with Crippen LogP contribution >= 0.6 is 45.3 Å². The average molecular weight is 637 g/mol. The second-order valence-corrected chi connectivity index (χ2v) is 15.5. The molecule has 2 amide bonds. The molecule has 0 spiro atoms. The Morgan fingerprint density at radius 3 is 1.36 bits per heavy atom. The molecule has 0 bridgehead atoms. The van der Waals surface area contributed by atoms with Crippen molar-refractivity contribution in [2.75, 3.05) is 13.1 Å². The summed E-state index contributed by atoms with van der Waals surface area (Å²) in [7, 11) is 0. The lowest BCUT2D eigenvalue weighted by molar-refractivity contribution is -0.122. The molecule has 0 N–H and O–H groups in total. The van der Waals surface area contributed by atoms with E-state index in [0.29, 0.717) is 13.1 Å². The minimum Gasteiger partial charge on any atom is -0.305 e. The quantitative estimate of drug-likeness (QED) is 0.115. The molecule has 0 aliphatic carbocycles. The van der Waals surface area contributed by atoms with Crippen LogP contribution in [-0.2, 0) is 9.59 Å². The zero-order valence-corrected chi connectivity index (χ0v) is 28.0. The number of unbranched alkanes of at least 4 members (excludes halogenated alkanes) is 10. The molecule has 0 radical (unpaired) electrons. The van der Waals surface area contributed by atoms with Gasteiger partial charge < -0.3 is 9.80 Å². The smallest absolute Gasteiger partial charge is 0.262 e. The van der Waals surface area contributed by atoms with Gasteiger partial charge in [-0.1, -0.05) is 78.1 Å². The summed E-state index contributed by atoms with van der Waals surface area (Å²) in [6.45, 7) is 5.80. The van der Waals surface area contributed by atoms with Crippen LogP contribution in [0.3, 0.4) is 0 Å². The molecule has 4 aromatic rings. The molecular formula is C34H40N2O2S4. The van der Waals surface area contributed by atoms with Crippen LogP contribution in [0.1, 0.15) is 101 Å². The highest BCUT2D eigenvalue weighted by Crippen LogP contribution is 2.50. The summed E-state index contributed by atoms with van der Waals surface area (Å²) in [5, 5.41) is 4.22. The van der Waals surface area contributed by atoms with Crippen molar-refractivity contribution in [3.8, 4) is 0 Å². The van der Waals surface area contributed by atoms with E-state index in [-0.39, 0.29) is 11.8 Å². The fourth-order valence-electron chi connectivity index (χ4n) is 6.19. The van der Waals surface area contributed by atoms with E-state index in [2.05, 4.69) is 48.9 Å². The third kappa shape index (κ3) is 5.80. The van der Waals surface area contributed by atoms with E-state index in [1.807, 2.05) is 9.80 Å². The Hall–Kier alpha value is -2.26. The summed E-state index contributed by atoms with van der Waals surface area (Å²) in [5.74, 6) is 0.137. The number of hydrogen-bond donors (Lipinski definition) is 0. The minimum atomic E-state index is 0.0683. The first-order chi connectivity index (χ1) is 20.6. The molecule has 2 aliphatic rings. The van der Waals surface area contributed by atoms with Crippen molar-refractivity contribution in [2.24, 2.45) is 0 Å². The van der Waals surface area contributed by atoms with E-state index in [0.717, 1.165) is 58.0 Å².